The third kappa shape index (κ3) is 1.96. The predicted octanol–water partition coefficient (Wildman–Crippen LogP) is 2.93. The van der Waals surface area contributed by atoms with Gasteiger partial charge in [-0.25, -0.2) is 8.78 Å². The van der Waals surface area contributed by atoms with Crippen LogP contribution in [0.25, 0.3) is 0 Å². The van der Waals surface area contributed by atoms with E-state index < -0.39 is 11.6 Å². The van der Waals surface area contributed by atoms with Crippen molar-refractivity contribution in [2.45, 2.75) is 13.0 Å². The minimum absolute atomic E-state index is 0.642. The fourth-order valence-corrected chi connectivity index (χ4v) is 1.91. The van der Waals surface area contributed by atoms with E-state index in [0.29, 0.717) is 11.0 Å². The first-order valence-electron chi connectivity index (χ1n) is 4.52. The van der Waals surface area contributed by atoms with Crippen molar-refractivity contribution in [2.24, 2.45) is 0 Å². The molecule has 0 N–H and O–H groups in total. The van der Waals surface area contributed by atoms with Crippen LogP contribution in [-0.2, 0) is 6.54 Å². The van der Waals surface area contributed by atoms with E-state index in [1.807, 2.05) is 0 Å². The van der Waals surface area contributed by atoms with Gasteiger partial charge in [-0.05, 0) is 37.2 Å². The van der Waals surface area contributed by atoms with Gasteiger partial charge >= 0.3 is 0 Å². The van der Waals surface area contributed by atoms with Crippen LogP contribution in [0.4, 0.5) is 8.78 Å². The normalized spacial score (nSPS) is 16.8. The Labute approximate surface area is 89.8 Å². The SMILES string of the molecule is Fc1cc(Br)c(CN2CCC2)cc1F. The Bertz CT molecular complexity index is 350. The van der Waals surface area contributed by atoms with Gasteiger partial charge in [0, 0.05) is 11.0 Å². The van der Waals surface area contributed by atoms with Crippen LogP contribution >= 0.6 is 15.9 Å². The maximum absolute atomic E-state index is 12.9. The molecule has 0 radical (unpaired) electrons. The first-order chi connectivity index (χ1) is 6.66. The molecule has 0 atom stereocenters. The van der Waals surface area contributed by atoms with Crippen LogP contribution in [0.1, 0.15) is 12.0 Å². The third-order valence-electron chi connectivity index (χ3n) is 2.43. The summed E-state index contributed by atoms with van der Waals surface area (Å²) in [7, 11) is 0. The van der Waals surface area contributed by atoms with Crippen LogP contribution in [-0.4, -0.2) is 18.0 Å². The number of benzene rings is 1. The molecule has 1 heterocycles. The smallest absolute Gasteiger partial charge is 0.159 e. The maximum Gasteiger partial charge on any atom is 0.159 e. The van der Waals surface area contributed by atoms with Crippen molar-refractivity contribution in [1.29, 1.82) is 0 Å². The lowest BCUT2D eigenvalue weighted by Crippen LogP contribution is -2.36. The summed E-state index contributed by atoms with van der Waals surface area (Å²) in [5.74, 6) is -1.58. The zero-order valence-electron chi connectivity index (χ0n) is 7.56. The van der Waals surface area contributed by atoms with Gasteiger partial charge in [-0.3, -0.25) is 4.90 Å². The molecule has 1 nitrogen and oxygen atoms in total. The Morgan fingerprint density at radius 2 is 1.86 bits per heavy atom. The van der Waals surface area contributed by atoms with Gasteiger partial charge in [0.1, 0.15) is 0 Å². The molecule has 76 valence electrons. The van der Waals surface area contributed by atoms with E-state index in [9.17, 15) is 8.78 Å². The second kappa shape index (κ2) is 3.95. The molecule has 0 aliphatic carbocycles. The zero-order chi connectivity index (χ0) is 10.1. The van der Waals surface area contributed by atoms with E-state index >= 15 is 0 Å². The van der Waals surface area contributed by atoms with Crippen LogP contribution in [0.3, 0.4) is 0 Å². The van der Waals surface area contributed by atoms with Gasteiger partial charge in [-0.15, -0.1) is 0 Å². The maximum atomic E-state index is 12.9. The van der Waals surface area contributed by atoms with E-state index in [4.69, 9.17) is 0 Å². The first kappa shape index (κ1) is 10.1. The molecule has 4 heteroatoms. The molecule has 0 aromatic heterocycles. The minimum Gasteiger partial charge on any atom is -0.299 e. The van der Waals surface area contributed by atoms with E-state index in [1.165, 1.54) is 18.6 Å². The lowest BCUT2D eigenvalue weighted by Gasteiger charge is -2.30. The van der Waals surface area contributed by atoms with E-state index in [1.54, 1.807) is 0 Å². The summed E-state index contributed by atoms with van der Waals surface area (Å²) in [6.45, 7) is 2.79. The van der Waals surface area contributed by atoms with Gasteiger partial charge in [-0.1, -0.05) is 15.9 Å². The lowest BCUT2D eigenvalue weighted by molar-refractivity contribution is 0.172. The van der Waals surface area contributed by atoms with E-state index in [0.717, 1.165) is 18.7 Å². The molecule has 14 heavy (non-hydrogen) atoms. The molecular formula is C10H10BrF2N. The average molecular weight is 262 g/mol. The van der Waals surface area contributed by atoms with Crippen LogP contribution in [0, 0.1) is 11.6 Å². The van der Waals surface area contributed by atoms with E-state index in [2.05, 4.69) is 20.8 Å². The number of hydrogen-bond acceptors (Lipinski definition) is 1. The monoisotopic (exact) mass is 261 g/mol. The summed E-state index contributed by atoms with van der Waals surface area (Å²) in [6, 6.07) is 2.45. The van der Waals surface area contributed by atoms with Crippen molar-refractivity contribution in [3.63, 3.8) is 0 Å². The number of likely N-dealkylation sites (tertiary alicyclic amines) is 1. The summed E-state index contributed by atoms with van der Waals surface area (Å²) in [6.07, 6.45) is 1.20. The number of nitrogens with zero attached hydrogens (tertiary/aromatic N) is 1. The highest BCUT2D eigenvalue weighted by Gasteiger charge is 2.16. The number of halogens is 3. The van der Waals surface area contributed by atoms with Crippen molar-refractivity contribution < 1.29 is 8.78 Å². The molecule has 0 spiro atoms. The Balaban J connectivity index is 2.19. The molecule has 1 aromatic rings. The Morgan fingerprint density at radius 1 is 1.21 bits per heavy atom. The highest BCUT2D eigenvalue weighted by Crippen LogP contribution is 2.23. The molecule has 0 unspecified atom stereocenters. The topological polar surface area (TPSA) is 3.24 Å². The molecule has 1 aliphatic rings. The summed E-state index contributed by atoms with van der Waals surface area (Å²) in [5, 5.41) is 0. The summed E-state index contributed by atoms with van der Waals surface area (Å²) < 4.78 is 26.3. The molecule has 0 bridgehead atoms. The zero-order valence-corrected chi connectivity index (χ0v) is 9.15. The van der Waals surface area contributed by atoms with Crippen molar-refractivity contribution in [3.05, 3.63) is 33.8 Å². The largest absolute Gasteiger partial charge is 0.299 e. The predicted molar refractivity (Wildman–Crippen MR) is 54.0 cm³/mol. The standard InChI is InChI=1S/C10H10BrF2N/c11-8-5-10(13)9(12)4-7(8)6-14-2-1-3-14/h4-5H,1-3,6H2. The van der Waals surface area contributed by atoms with Gasteiger partial charge in [0.25, 0.3) is 0 Å². The fraction of sp³-hybridized carbons (Fsp3) is 0.400. The molecule has 1 saturated heterocycles. The molecule has 0 amide bonds. The van der Waals surface area contributed by atoms with Gasteiger partial charge in [-0.2, -0.15) is 0 Å². The van der Waals surface area contributed by atoms with Crippen LogP contribution in [0.5, 0.6) is 0 Å². The molecule has 1 aliphatic heterocycles. The summed E-state index contributed by atoms with van der Waals surface area (Å²) in [5.41, 5.74) is 0.809. The van der Waals surface area contributed by atoms with Crippen molar-refractivity contribution in [3.8, 4) is 0 Å². The summed E-state index contributed by atoms with van der Waals surface area (Å²) in [4.78, 5) is 2.19. The lowest BCUT2D eigenvalue weighted by atomic mass is 10.1. The van der Waals surface area contributed by atoms with Crippen LogP contribution in [0.2, 0.25) is 0 Å². The number of hydrogen-bond donors (Lipinski definition) is 0. The van der Waals surface area contributed by atoms with Crippen LogP contribution < -0.4 is 0 Å². The molecule has 0 saturated carbocycles. The minimum atomic E-state index is -0.802. The molecular weight excluding hydrogens is 252 g/mol. The Kier molecular flexibility index (Phi) is 2.83. The molecule has 1 fully saturated rings. The highest BCUT2D eigenvalue weighted by molar-refractivity contribution is 9.10. The quantitative estimate of drug-likeness (QED) is 0.741. The van der Waals surface area contributed by atoms with Crippen molar-refractivity contribution in [1.82, 2.24) is 4.90 Å². The third-order valence-corrected chi connectivity index (χ3v) is 3.17. The van der Waals surface area contributed by atoms with Crippen molar-refractivity contribution >= 4 is 15.9 Å². The fourth-order valence-electron chi connectivity index (χ4n) is 1.47. The molecule has 2 rings (SSSR count). The highest BCUT2D eigenvalue weighted by atomic mass is 79.9. The number of rotatable bonds is 2. The van der Waals surface area contributed by atoms with Gasteiger partial charge in [0.15, 0.2) is 11.6 Å². The second-order valence-corrected chi connectivity index (χ2v) is 4.34. The van der Waals surface area contributed by atoms with E-state index in [-0.39, 0.29) is 0 Å². The second-order valence-electron chi connectivity index (χ2n) is 3.49. The Morgan fingerprint density at radius 3 is 2.43 bits per heavy atom. The van der Waals surface area contributed by atoms with Gasteiger partial charge in [0.2, 0.25) is 0 Å². The molecule has 1 aromatic carbocycles. The Hall–Kier alpha value is -0.480. The van der Waals surface area contributed by atoms with Gasteiger partial charge < -0.3 is 0 Å². The van der Waals surface area contributed by atoms with Crippen LogP contribution in [0.15, 0.2) is 16.6 Å². The first-order valence-corrected chi connectivity index (χ1v) is 5.32. The summed E-state index contributed by atoms with van der Waals surface area (Å²) >= 11 is 3.23. The average Bonchev–Trinajstić information content (AvgIpc) is 2.06. The van der Waals surface area contributed by atoms with Gasteiger partial charge in [0.05, 0.1) is 0 Å². The van der Waals surface area contributed by atoms with Crippen molar-refractivity contribution in [2.75, 3.05) is 13.1 Å².